The zero-order chi connectivity index (χ0) is 19.3. The van der Waals surface area contributed by atoms with Gasteiger partial charge in [-0.2, -0.15) is 0 Å². The van der Waals surface area contributed by atoms with Crippen molar-refractivity contribution in [2.45, 2.75) is 0 Å². The molecule has 0 bridgehead atoms. The van der Waals surface area contributed by atoms with E-state index in [0.717, 1.165) is 11.4 Å². The Morgan fingerprint density at radius 2 is 1.23 bits per heavy atom. The molecule has 26 heavy (non-hydrogen) atoms. The molecule has 0 aliphatic carbocycles. The highest BCUT2D eigenvalue weighted by Gasteiger charge is 2.20. The molecule has 0 amide bonds. The van der Waals surface area contributed by atoms with E-state index in [9.17, 15) is 4.21 Å². The highest BCUT2D eigenvalue weighted by molar-refractivity contribution is 7.87. The van der Waals surface area contributed by atoms with Gasteiger partial charge in [-0.15, -0.1) is 0 Å². The first kappa shape index (κ1) is 19.7. The molecule has 0 heterocycles. The van der Waals surface area contributed by atoms with Crippen LogP contribution in [0.3, 0.4) is 0 Å². The van der Waals surface area contributed by atoms with Crippen molar-refractivity contribution in [2.24, 2.45) is 0 Å². The normalized spacial score (nSPS) is 11.5. The van der Waals surface area contributed by atoms with E-state index in [-0.39, 0.29) is 0 Å². The molecule has 0 aromatic heterocycles. The Balaban J connectivity index is 2.31. The number of ether oxygens (including phenoxy) is 4. The molecule has 0 saturated heterocycles. The van der Waals surface area contributed by atoms with E-state index in [1.54, 1.807) is 63.3 Å². The molecule has 0 N–H and O–H groups in total. The van der Waals surface area contributed by atoms with Crippen LogP contribution in [0.1, 0.15) is 0 Å². The van der Waals surface area contributed by atoms with Crippen LogP contribution in [0.25, 0.3) is 0 Å². The SMILES string of the molecule is COc1ccc(N(C)S(=O)N(C)c2cc(OC)c(OC)c(OC)c2)cc1. The zero-order valence-electron chi connectivity index (χ0n) is 15.8. The predicted octanol–water partition coefficient (Wildman–Crippen LogP) is 2.87. The monoisotopic (exact) mass is 380 g/mol. The van der Waals surface area contributed by atoms with Gasteiger partial charge in [0.2, 0.25) is 16.9 Å². The maximum Gasteiger partial charge on any atom is 0.225 e. The molecule has 142 valence electrons. The largest absolute Gasteiger partial charge is 0.497 e. The van der Waals surface area contributed by atoms with Gasteiger partial charge in [0.05, 0.1) is 39.8 Å². The molecule has 0 radical (unpaired) electrons. The Bertz CT molecular complexity index is 742. The number of hydrogen-bond donors (Lipinski definition) is 0. The number of rotatable bonds is 8. The fourth-order valence-corrected chi connectivity index (χ4v) is 3.36. The first-order chi connectivity index (χ1) is 12.5. The summed E-state index contributed by atoms with van der Waals surface area (Å²) in [5, 5.41) is 0. The van der Waals surface area contributed by atoms with Gasteiger partial charge in [-0.1, -0.05) is 0 Å². The van der Waals surface area contributed by atoms with Crippen molar-refractivity contribution in [3.8, 4) is 23.0 Å². The van der Waals surface area contributed by atoms with E-state index in [0.29, 0.717) is 22.9 Å². The number of benzene rings is 2. The highest BCUT2D eigenvalue weighted by atomic mass is 32.2. The Morgan fingerprint density at radius 1 is 0.731 bits per heavy atom. The molecular weight excluding hydrogens is 356 g/mol. The molecule has 2 rings (SSSR count). The first-order valence-corrected chi connectivity index (χ1v) is 8.86. The van der Waals surface area contributed by atoms with Crippen LogP contribution in [-0.4, -0.2) is 46.7 Å². The maximum absolute atomic E-state index is 13.0. The van der Waals surface area contributed by atoms with E-state index >= 15 is 0 Å². The van der Waals surface area contributed by atoms with Crippen molar-refractivity contribution in [3.05, 3.63) is 36.4 Å². The lowest BCUT2D eigenvalue weighted by molar-refractivity contribution is 0.324. The van der Waals surface area contributed by atoms with Gasteiger partial charge in [0.15, 0.2) is 11.5 Å². The highest BCUT2D eigenvalue weighted by Crippen LogP contribution is 2.41. The van der Waals surface area contributed by atoms with Gasteiger partial charge in [-0.05, 0) is 24.3 Å². The quantitative estimate of drug-likeness (QED) is 0.705. The van der Waals surface area contributed by atoms with E-state index in [1.807, 2.05) is 24.3 Å². The van der Waals surface area contributed by atoms with Crippen molar-refractivity contribution >= 4 is 22.5 Å². The summed E-state index contributed by atoms with van der Waals surface area (Å²) in [5.74, 6) is 2.22. The van der Waals surface area contributed by atoms with Crippen LogP contribution < -0.4 is 27.6 Å². The predicted molar refractivity (Wildman–Crippen MR) is 104 cm³/mol. The molecule has 0 aliphatic heterocycles. The van der Waals surface area contributed by atoms with Crippen molar-refractivity contribution < 1.29 is 23.2 Å². The molecule has 0 aliphatic rings. The summed E-state index contributed by atoms with van der Waals surface area (Å²) in [4.78, 5) is 0. The lowest BCUT2D eigenvalue weighted by Gasteiger charge is -2.26. The van der Waals surface area contributed by atoms with Crippen LogP contribution in [0.4, 0.5) is 11.4 Å². The van der Waals surface area contributed by atoms with E-state index < -0.39 is 11.2 Å². The van der Waals surface area contributed by atoms with E-state index in [2.05, 4.69) is 0 Å². The second kappa shape index (κ2) is 8.66. The Morgan fingerprint density at radius 3 is 1.65 bits per heavy atom. The molecule has 2 aromatic rings. The summed E-state index contributed by atoms with van der Waals surface area (Å²) >= 11 is -1.48. The Labute approximate surface area is 156 Å². The Kier molecular flexibility index (Phi) is 6.57. The topological polar surface area (TPSA) is 60.5 Å². The van der Waals surface area contributed by atoms with Gasteiger partial charge < -0.3 is 18.9 Å². The van der Waals surface area contributed by atoms with Crippen molar-refractivity contribution in [1.29, 1.82) is 0 Å². The fourth-order valence-electron chi connectivity index (χ4n) is 2.41. The van der Waals surface area contributed by atoms with Crippen molar-refractivity contribution in [1.82, 2.24) is 0 Å². The summed E-state index contributed by atoms with van der Waals surface area (Å²) in [5.41, 5.74) is 1.46. The minimum atomic E-state index is -1.48. The lowest BCUT2D eigenvalue weighted by Crippen LogP contribution is -2.34. The molecule has 0 fully saturated rings. The third-order valence-electron chi connectivity index (χ3n) is 3.92. The van der Waals surface area contributed by atoms with Gasteiger partial charge >= 0.3 is 0 Å². The average molecular weight is 380 g/mol. The summed E-state index contributed by atoms with van der Waals surface area (Å²) in [6.45, 7) is 0. The second-order valence-electron chi connectivity index (χ2n) is 5.31. The number of nitrogens with zero attached hydrogens (tertiary/aromatic N) is 2. The van der Waals surface area contributed by atoms with Gasteiger partial charge in [0.25, 0.3) is 0 Å². The molecule has 1 unspecified atom stereocenters. The molecule has 7 nitrogen and oxygen atoms in total. The summed E-state index contributed by atoms with van der Waals surface area (Å²) in [6.07, 6.45) is 0. The standard InChI is InChI=1S/C18H24N2O5S/c1-19(13-7-9-15(22-3)10-8-13)26(21)20(2)14-11-16(23-4)18(25-6)17(12-14)24-5/h7-12H,1-6H3. The van der Waals surface area contributed by atoms with Crippen LogP contribution in [0.5, 0.6) is 23.0 Å². The number of anilines is 2. The maximum atomic E-state index is 13.0. The molecule has 0 spiro atoms. The molecular formula is C18H24N2O5S. The van der Waals surface area contributed by atoms with Gasteiger partial charge in [-0.3, -0.25) is 8.61 Å². The first-order valence-electron chi connectivity index (χ1n) is 7.80. The summed E-state index contributed by atoms with van der Waals surface area (Å²) < 4.78 is 37.4. The molecule has 8 heteroatoms. The zero-order valence-corrected chi connectivity index (χ0v) is 16.6. The average Bonchev–Trinajstić information content (AvgIpc) is 2.70. The van der Waals surface area contributed by atoms with Crippen LogP contribution in [-0.2, 0) is 11.2 Å². The third kappa shape index (κ3) is 3.96. The molecule has 2 aromatic carbocycles. The van der Waals surface area contributed by atoms with Gasteiger partial charge in [0.1, 0.15) is 5.75 Å². The van der Waals surface area contributed by atoms with Crippen molar-refractivity contribution in [2.75, 3.05) is 51.1 Å². The van der Waals surface area contributed by atoms with Crippen LogP contribution >= 0.6 is 0 Å². The minimum absolute atomic E-state index is 0.487. The summed E-state index contributed by atoms with van der Waals surface area (Å²) in [6, 6.07) is 10.8. The number of hydrogen-bond acceptors (Lipinski definition) is 5. The van der Waals surface area contributed by atoms with Crippen LogP contribution in [0.2, 0.25) is 0 Å². The minimum Gasteiger partial charge on any atom is -0.497 e. The molecule has 1 atom stereocenters. The van der Waals surface area contributed by atoms with Crippen LogP contribution in [0.15, 0.2) is 36.4 Å². The van der Waals surface area contributed by atoms with E-state index in [4.69, 9.17) is 18.9 Å². The van der Waals surface area contributed by atoms with Crippen molar-refractivity contribution in [3.63, 3.8) is 0 Å². The van der Waals surface area contributed by atoms with Gasteiger partial charge in [0, 0.05) is 26.2 Å². The second-order valence-corrected chi connectivity index (χ2v) is 6.86. The van der Waals surface area contributed by atoms with E-state index in [1.165, 1.54) is 0 Å². The third-order valence-corrected chi connectivity index (χ3v) is 5.28. The fraction of sp³-hybridized carbons (Fsp3) is 0.333. The molecule has 0 saturated carbocycles. The van der Waals surface area contributed by atoms with Crippen LogP contribution in [0, 0.1) is 0 Å². The smallest absolute Gasteiger partial charge is 0.225 e. The summed E-state index contributed by atoms with van der Waals surface area (Å²) in [7, 11) is 9.72. The lowest BCUT2D eigenvalue weighted by atomic mass is 10.2. The number of methoxy groups -OCH3 is 4. The Hall–Kier alpha value is -2.61. The van der Waals surface area contributed by atoms with Gasteiger partial charge in [-0.25, -0.2) is 4.21 Å².